The van der Waals surface area contributed by atoms with Crippen molar-refractivity contribution < 1.29 is 19.4 Å². The number of anilines is 2. The number of rotatable bonds is 7. The van der Waals surface area contributed by atoms with Crippen molar-refractivity contribution in [2.24, 2.45) is 5.92 Å². The third-order valence-corrected chi connectivity index (χ3v) is 14.4. The normalized spacial score (nSPS) is 22.8. The summed E-state index contributed by atoms with van der Waals surface area (Å²) in [7, 11) is -0.666. The molecule has 1 aromatic heterocycles. The lowest BCUT2D eigenvalue weighted by atomic mass is 9.82. The van der Waals surface area contributed by atoms with E-state index in [4.69, 9.17) is 9.47 Å². The Morgan fingerprint density at radius 3 is 2.33 bits per heavy atom. The minimum absolute atomic E-state index is 0.00465. The number of ether oxygens (including phenoxy) is 2. The second-order valence-electron chi connectivity index (χ2n) is 12.6. The van der Waals surface area contributed by atoms with Gasteiger partial charge in [0.1, 0.15) is 5.75 Å². The number of nitrogens with zero attached hydrogens (tertiary/aromatic N) is 2. The first-order valence-electron chi connectivity index (χ1n) is 15.4. The summed E-state index contributed by atoms with van der Waals surface area (Å²) in [5, 5.41) is 15.3. The lowest BCUT2D eigenvalue weighted by Crippen LogP contribution is -2.51. The molecule has 0 aliphatic carbocycles. The number of aromatic nitrogens is 2. The Kier molecular flexibility index (Phi) is 7.07. The molecule has 1 fully saturated rings. The van der Waals surface area contributed by atoms with E-state index in [9.17, 15) is 14.7 Å². The van der Waals surface area contributed by atoms with Crippen molar-refractivity contribution in [3.05, 3.63) is 113 Å². The number of aromatic amines is 1. The van der Waals surface area contributed by atoms with Gasteiger partial charge < -0.3 is 14.6 Å². The molecule has 45 heavy (non-hydrogen) atoms. The Morgan fingerprint density at radius 2 is 1.64 bits per heavy atom. The molecule has 0 unspecified atom stereocenters. The molecule has 230 valence electrons. The number of carbonyl (C=O) groups is 1. The standard InChI is InChI=1S/C36H37N3O5Si/c1-23-33(45(3,4)27-17-15-26(43-2)16-18-27)32(20-21-40)44-36(23)29-22-25(39-34(41)28-12-8-9-13-30(28)37-39)14-19-31(29)38(35(36)42)24-10-6-5-7-11-24/h5-19,22-23,32-33,37,40H,20-21H2,1-4H3/t23-,32+,33-,36+/m0/s1. The number of hydrogen-bond donors (Lipinski definition) is 2. The van der Waals surface area contributed by atoms with Crippen LogP contribution in [-0.4, -0.2) is 48.7 Å². The van der Waals surface area contributed by atoms with Crippen LogP contribution in [0.5, 0.6) is 5.75 Å². The van der Waals surface area contributed by atoms with E-state index in [1.165, 1.54) is 9.87 Å². The van der Waals surface area contributed by atoms with Crippen LogP contribution in [0.2, 0.25) is 18.6 Å². The topological polar surface area (TPSA) is 96.8 Å². The molecule has 0 bridgehead atoms. The van der Waals surface area contributed by atoms with Crippen LogP contribution in [0, 0.1) is 5.92 Å². The predicted octanol–water partition coefficient (Wildman–Crippen LogP) is 5.60. The number of methoxy groups -OCH3 is 1. The van der Waals surface area contributed by atoms with Gasteiger partial charge in [-0.2, -0.15) is 0 Å². The molecule has 4 aromatic carbocycles. The number of aliphatic hydroxyl groups is 1. The highest BCUT2D eigenvalue weighted by Gasteiger charge is 2.66. The van der Waals surface area contributed by atoms with E-state index in [0.29, 0.717) is 17.5 Å². The zero-order valence-electron chi connectivity index (χ0n) is 25.9. The summed E-state index contributed by atoms with van der Waals surface area (Å²) in [4.78, 5) is 30.2. The first-order valence-corrected chi connectivity index (χ1v) is 18.5. The van der Waals surface area contributed by atoms with Crippen LogP contribution in [0.1, 0.15) is 18.9 Å². The second-order valence-corrected chi connectivity index (χ2v) is 17.3. The number of hydrogen-bond acceptors (Lipinski definition) is 5. The van der Waals surface area contributed by atoms with Gasteiger partial charge in [0.2, 0.25) is 0 Å². The first kappa shape index (κ1) is 29.3. The van der Waals surface area contributed by atoms with Crippen LogP contribution in [0.4, 0.5) is 11.4 Å². The number of para-hydroxylation sites is 2. The Bertz CT molecular complexity index is 1950. The van der Waals surface area contributed by atoms with Gasteiger partial charge in [0.05, 0.1) is 43.6 Å². The summed E-state index contributed by atoms with van der Waals surface area (Å²) in [6.45, 7) is 6.71. The molecule has 4 atom stereocenters. The van der Waals surface area contributed by atoms with Gasteiger partial charge in [-0.25, -0.2) is 4.68 Å². The minimum Gasteiger partial charge on any atom is -0.497 e. The van der Waals surface area contributed by atoms with Crippen molar-refractivity contribution in [2.45, 2.75) is 43.7 Å². The van der Waals surface area contributed by atoms with Gasteiger partial charge in [-0.3, -0.25) is 19.6 Å². The van der Waals surface area contributed by atoms with Gasteiger partial charge in [0, 0.05) is 23.8 Å². The van der Waals surface area contributed by atoms with E-state index in [0.717, 1.165) is 28.2 Å². The van der Waals surface area contributed by atoms with Gasteiger partial charge in [-0.15, -0.1) is 0 Å². The van der Waals surface area contributed by atoms with E-state index < -0.39 is 13.7 Å². The highest BCUT2D eigenvalue weighted by molar-refractivity contribution is 6.91. The van der Waals surface area contributed by atoms with Gasteiger partial charge in [-0.05, 0) is 66.6 Å². The van der Waals surface area contributed by atoms with Crippen molar-refractivity contribution >= 4 is 41.4 Å². The summed E-state index contributed by atoms with van der Waals surface area (Å²) in [6.07, 6.45) is 0.0686. The molecule has 2 aliphatic heterocycles. The number of fused-ring (bicyclic) bond motifs is 3. The summed E-state index contributed by atoms with van der Waals surface area (Å²) in [6, 6.07) is 31.0. The minimum atomic E-state index is -2.32. The summed E-state index contributed by atoms with van der Waals surface area (Å²) < 4.78 is 14.0. The van der Waals surface area contributed by atoms with E-state index in [1.807, 2.05) is 78.9 Å². The SMILES string of the molecule is COc1ccc([Si](C)(C)[C@@H]2[C@@H](CCO)O[C@]3(C(=O)N(c4ccccc4)c4ccc(-n5[nH]c6ccccc6c5=O)cc43)[C@H]2C)cc1. The van der Waals surface area contributed by atoms with Crippen LogP contribution < -0.4 is 20.4 Å². The number of amides is 1. The van der Waals surface area contributed by atoms with Crippen LogP contribution >= 0.6 is 0 Å². The fourth-order valence-electron chi connectivity index (χ4n) is 7.84. The molecule has 3 heterocycles. The molecule has 9 heteroatoms. The lowest BCUT2D eigenvalue weighted by molar-refractivity contribution is -0.145. The average molecular weight is 620 g/mol. The zero-order valence-corrected chi connectivity index (χ0v) is 26.9. The predicted molar refractivity (Wildman–Crippen MR) is 179 cm³/mol. The molecule has 0 saturated carbocycles. The maximum absolute atomic E-state index is 15.0. The van der Waals surface area contributed by atoms with Crippen LogP contribution in [-0.2, 0) is 15.1 Å². The van der Waals surface area contributed by atoms with Gasteiger partial charge >= 0.3 is 0 Å². The van der Waals surface area contributed by atoms with Crippen molar-refractivity contribution in [1.29, 1.82) is 0 Å². The Hall–Kier alpha value is -4.44. The van der Waals surface area contributed by atoms with E-state index in [1.54, 1.807) is 18.1 Å². The highest BCUT2D eigenvalue weighted by Crippen LogP contribution is 2.61. The average Bonchev–Trinajstić information content (AvgIpc) is 3.64. The van der Waals surface area contributed by atoms with Crippen LogP contribution in [0.15, 0.2) is 102 Å². The fraction of sp³-hybridized carbons (Fsp3) is 0.278. The molecular weight excluding hydrogens is 582 g/mol. The Balaban J connectivity index is 1.42. The number of aliphatic hydroxyl groups excluding tert-OH is 1. The molecule has 0 radical (unpaired) electrons. The van der Waals surface area contributed by atoms with E-state index >= 15 is 0 Å². The molecule has 1 saturated heterocycles. The van der Waals surface area contributed by atoms with Gasteiger partial charge in [-0.1, -0.05) is 67.7 Å². The van der Waals surface area contributed by atoms with Crippen molar-refractivity contribution in [3.8, 4) is 11.4 Å². The number of carbonyl (C=O) groups excluding carboxylic acids is 1. The van der Waals surface area contributed by atoms with E-state index in [-0.39, 0.29) is 35.6 Å². The number of benzene rings is 4. The quantitative estimate of drug-likeness (QED) is 0.231. The highest BCUT2D eigenvalue weighted by atomic mass is 28.3. The third-order valence-electron chi connectivity index (χ3n) is 10.0. The summed E-state index contributed by atoms with van der Waals surface area (Å²) >= 11 is 0. The lowest BCUT2D eigenvalue weighted by Gasteiger charge is -2.37. The van der Waals surface area contributed by atoms with Crippen molar-refractivity contribution in [1.82, 2.24) is 9.78 Å². The van der Waals surface area contributed by atoms with Crippen LogP contribution in [0.3, 0.4) is 0 Å². The Morgan fingerprint density at radius 1 is 0.933 bits per heavy atom. The van der Waals surface area contributed by atoms with Crippen LogP contribution in [0.25, 0.3) is 16.6 Å². The monoisotopic (exact) mass is 619 g/mol. The smallest absolute Gasteiger partial charge is 0.279 e. The number of H-pyrrole nitrogens is 1. The molecule has 1 amide bonds. The third kappa shape index (κ3) is 4.33. The summed E-state index contributed by atoms with van der Waals surface area (Å²) in [5.74, 6) is 0.413. The van der Waals surface area contributed by atoms with Crippen molar-refractivity contribution in [3.63, 3.8) is 0 Å². The maximum Gasteiger partial charge on any atom is 0.279 e. The molecule has 1 spiro atoms. The number of nitrogens with one attached hydrogen (secondary N) is 1. The molecule has 2 N–H and O–H groups in total. The second kappa shape index (κ2) is 10.9. The largest absolute Gasteiger partial charge is 0.497 e. The molecule has 5 aromatic rings. The maximum atomic E-state index is 15.0. The first-order chi connectivity index (χ1) is 21.7. The molecule has 8 nitrogen and oxygen atoms in total. The van der Waals surface area contributed by atoms with Gasteiger partial charge in [0.25, 0.3) is 11.5 Å². The molecular formula is C36H37N3O5Si. The summed E-state index contributed by atoms with van der Waals surface area (Å²) in [5.41, 5.74) is 2.12. The zero-order chi connectivity index (χ0) is 31.5. The van der Waals surface area contributed by atoms with Crippen molar-refractivity contribution in [2.75, 3.05) is 18.6 Å². The van der Waals surface area contributed by atoms with E-state index in [2.05, 4.69) is 37.2 Å². The molecule has 7 rings (SSSR count). The molecule has 2 aliphatic rings. The van der Waals surface area contributed by atoms with Gasteiger partial charge in [0.15, 0.2) is 5.60 Å². The fourth-order valence-corrected chi connectivity index (χ4v) is 11.9. The Labute approximate surface area is 262 Å².